The molecule has 1 aliphatic heterocycles. The van der Waals surface area contributed by atoms with Crippen molar-refractivity contribution in [2.24, 2.45) is 0 Å². The van der Waals surface area contributed by atoms with Crippen LogP contribution >= 0.6 is 11.6 Å². The lowest BCUT2D eigenvalue weighted by molar-refractivity contribution is 0.603. The fraction of sp³-hybridized carbons (Fsp3) is 0.111. The van der Waals surface area contributed by atoms with Crippen LogP contribution in [0.3, 0.4) is 0 Å². The van der Waals surface area contributed by atoms with Crippen molar-refractivity contribution in [2.45, 2.75) is 12.5 Å². The van der Waals surface area contributed by atoms with Crippen LogP contribution in [0.5, 0.6) is 0 Å². The highest BCUT2D eigenvalue weighted by molar-refractivity contribution is 6.30. The molecule has 1 unspecified atom stereocenters. The molecule has 0 amide bonds. The summed E-state index contributed by atoms with van der Waals surface area (Å²) in [5, 5.41) is 4.45. The third kappa shape index (κ3) is 1.79. The van der Waals surface area contributed by atoms with E-state index in [1.807, 2.05) is 12.1 Å². The van der Waals surface area contributed by atoms with E-state index in [0.29, 0.717) is 0 Å². The maximum atomic E-state index is 6.03. The third-order valence-corrected chi connectivity index (χ3v) is 4.48. The molecule has 2 heterocycles. The number of benzene rings is 2. The Morgan fingerprint density at radius 3 is 2.52 bits per heavy atom. The monoisotopic (exact) mass is 294 g/mol. The van der Waals surface area contributed by atoms with Crippen molar-refractivity contribution >= 4 is 17.3 Å². The molecule has 0 saturated heterocycles. The summed E-state index contributed by atoms with van der Waals surface area (Å²) >= 11 is 6.03. The van der Waals surface area contributed by atoms with E-state index < -0.39 is 0 Å². The van der Waals surface area contributed by atoms with Crippen LogP contribution in [-0.4, -0.2) is 4.57 Å². The zero-order valence-corrected chi connectivity index (χ0v) is 12.4. The van der Waals surface area contributed by atoms with Crippen LogP contribution in [0.25, 0.3) is 5.69 Å². The van der Waals surface area contributed by atoms with Gasteiger partial charge in [-0.15, -0.1) is 0 Å². The lowest BCUT2D eigenvalue weighted by Crippen LogP contribution is -2.38. The largest absolute Gasteiger partial charge is 0.369 e. The minimum Gasteiger partial charge on any atom is -0.369 e. The average molecular weight is 295 g/mol. The average Bonchev–Trinajstić information content (AvgIpc) is 2.99. The Morgan fingerprint density at radius 2 is 1.71 bits per heavy atom. The number of fused-ring (bicyclic) bond motifs is 3. The van der Waals surface area contributed by atoms with E-state index in [2.05, 4.69) is 71.5 Å². The summed E-state index contributed by atoms with van der Waals surface area (Å²) in [4.78, 5) is 0. The Hall–Kier alpha value is -2.19. The minimum absolute atomic E-state index is 0.275. The molecule has 2 aromatic carbocycles. The molecule has 1 atom stereocenters. The number of hydrogen-bond donors (Lipinski definition) is 1. The van der Waals surface area contributed by atoms with E-state index in [-0.39, 0.29) is 5.54 Å². The molecule has 1 N–H and O–H groups in total. The molecule has 2 nitrogen and oxygen atoms in total. The number of para-hydroxylation sites is 2. The van der Waals surface area contributed by atoms with Crippen molar-refractivity contribution in [1.29, 1.82) is 0 Å². The van der Waals surface area contributed by atoms with Crippen molar-refractivity contribution in [1.82, 2.24) is 4.57 Å². The number of nitrogens with one attached hydrogen (secondary N) is 1. The first-order valence-electron chi connectivity index (χ1n) is 7.00. The summed E-state index contributed by atoms with van der Waals surface area (Å²) < 4.78 is 2.25. The number of aromatic nitrogens is 1. The van der Waals surface area contributed by atoms with Crippen LogP contribution in [0.2, 0.25) is 5.02 Å². The molecule has 1 aromatic heterocycles. The highest BCUT2D eigenvalue weighted by Crippen LogP contribution is 2.41. The molecule has 0 fully saturated rings. The van der Waals surface area contributed by atoms with Gasteiger partial charge in [0, 0.05) is 11.2 Å². The van der Waals surface area contributed by atoms with Crippen LogP contribution in [0.4, 0.5) is 5.69 Å². The van der Waals surface area contributed by atoms with E-state index in [0.717, 1.165) is 10.7 Å². The summed E-state index contributed by atoms with van der Waals surface area (Å²) in [7, 11) is 0. The molecule has 3 aromatic rings. The Bertz CT molecular complexity index is 804. The van der Waals surface area contributed by atoms with Gasteiger partial charge in [-0.05, 0) is 48.9 Å². The molecular weight excluding hydrogens is 280 g/mol. The smallest absolute Gasteiger partial charge is 0.101 e. The predicted molar refractivity (Wildman–Crippen MR) is 87.3 cm³/mol. The molecule has 0 spiro atoms. The minimum atomic E-state index is -0.275. The van der Waals surface area contributed by atoms with E-state index >= 15 is 0 Å². The van der Waals surface area contributed by atoms with Gasteiger partial charge in [0.1, 0.15) is 5.54 Å². The Kier molecular flexibility index (Phi) is 2.63. The number of anilines is 1. The first kappa shape index (κ1) is 12.5. The standard InChI is InChI=1S/C18H15ClN2/c1-18(13-8-10-14(19)11-9-13)17-7-4-12-21(17)16-6-3-2-5-15(16)20-18/h2-12,20H,1H3. The van der Waals surface area contributed by atoms with Gasteiger partial charge in [0.2, 0.25) is 0 Å². The van der Waals surface area contributed by atoms with E-state index in [9.17, 15) is 0 Å². The van der Waals surface area contributed by atoms with Gasteiger partial charge in [-0.1, -0.05) is 35.9 Å². The molecule has 3 heteroatoms. The maximum absolute atomic E-state index is 6.03. The van der Waals surface area contributed by atoms with Crippen LogP contribution in [0.1, 0.15) is 18.2 Å². The fourth-order valence-corrected chi connectivity index (χ4v) is 3.25. The van der Waals surface area contributed by atoms with Crippen molar-refractivity contribution in [3.05, 3.63) is 83.1 Å². The summed E-state index contributed by atoms with van der Waals surface area (Å²) in [5.74, 6) is 0. The summed E-state index contributed by atoms with van der Waals surface area (Å²) in [6, 6.07) is 20.7. The first-order chi connectivity index (χ1) is 10.2. The van der Waals surface area contributed by atoms with E-state index in [1.54, 1.807) is 0 Å². The van der Waals surface area contributed by atoms with Crippen LogP contribution in [0, 0.1) is 0 Å². The number of rotatable bonds is 1. The first-order valence-corrected chi connectivity index (χ1v) is 7.38. The molecule has 0 aliphatic carbocycles. The van der Waals surface area contributed by atoms with Gasteiger partial charge in [0.25, 0.3) is 0 Å². The van der Waals surface area contributed by atoms with Crippen molar-refractivity contribution in [3.8, 4) is 5.69 Å². The van der Waals surface area contributed by atoms with Crippen LogP contribution in [-0.2, 0) is 5.54 Å². The number of halogens is 1. The normalized spacial score (nSPS) is 19.5. The summed E-state index contributed by atoms with van der Waals surface area (Å²) in [6.45, 7) is 2.21. The molecular formula is C18H15ClN2. The van der Waals surface area contributed by atoms with Crippen LogP contribution in [0.15, 0.2) is 66.9 Å². The molecule has 0 saturated carbocycles. The van der Waals surface area contributed by atoms with E-state index in [4.69, 9.17) is 11.6 Å². The second kappa shape index (κ2) is 4.40. The lowest BCUT2D eigenvalue weighted by Gasteiger charge is -2.38. The second-order valence-corrected chi connectivity index (χ2v) is 5.97. The van der Waals surface area contributed by atoms with Gasteiger partial charge in [0.05, 0.1) is 17.1 Å². The van der Waals surface area contributed by atoms with Crippen LogP contribution < -0.4 is 5.32 Å². The second-order valence-electron chi connectivity index (χ2n) is 5.54. The van der Waals surface area contributed by atoms with Crippen molar-refractivity contribution < 1.29 is 0 Å². The van der Waals surface area contributed by atoms with Crippen molar-refractivity contribution in [2.75, 3.05) is 5.32 Å². The molecule has 0 bridgehead atoms. The quantitative estimate of drug-likeness (QED) is 0.681. The topological polar surface area (TPSA) is 17.0 Å². The Balaban J connectivity index is 1.94. The van der Waals surface area contributed by atoms with Gasteiger partial charge in [-0.2, -0.15) is 0 Å². The van der Waals surface area contributed by atoms with Gasteiger partial charge in [-0.25, -0.2) is 0 Å². The lowest BCUT2D eigenvalue weighted by atomic mass is 9.86. The van der Waals surface area contributed by atoms with Gasteiger partial charge in [-0.3, -0.25) is 0 Å². The van der Waals surface area contributed by atoms with Gasteiger partial charge < -0.3 is 9.88 Å². The number of nitrogens with zero attached hydrogens (tertiary/aromatic N) is 1. The zero-order valence-electron chi connectivity index (χ0n) is 11.7. The molecule has 104 valence electrons. The Morgan fingerprint density at radius 1 is 0.952 bits per heavy atom. The van der Waals surface area contributed by atoms with Gasteiger partial charge >= 0.3 is 0 Å². The third-order valence-electron chi connectivity index (χ3n) is 4.23. The molecule has 4 rings (SSSR count). The summed E-state index contributed by atoms with van der Waals surface area (Å²) in [5.41, 5.74) is 4.47. The van der Waals surface area contributed by atoms with Gasteiger partial charge in [0.15, 0.2) is 0 Å². The highest BCUT2D eigenvalue weighted by atomic mass is 35.5. The maximum Gasteiger partial charge on any atom is 0.101 e. The highest BCUT2D eigenvalue weighted by Gasteiger charge is 2.35. The molecule has 0 radical (unpaired) electrons. The summed E-state index contributed by atoms with van der Waals surface area (Å²) in [6.07, 6.45) is 2.11. The fourth-order valence-electron chi connectivity index (χ4n) is 3.12. The zero-order chi connectivity index (χ0) is 14.4. The number of hydrogen-bond acceptors (Lipinski definition) is 1. The SMILES string of the molecule is CC1(c2ccc(Cl)cc2)Nc2ccccc2-n2cccc21. The molecule has 21 heavy (non-hydrogen) atoms. The van der Waals surface area contributed by atoms with Crippen molar-refractivity contribution in [3.63, 3.8) is 0 Å². The Labute approximate surface area is 129 Å². The predicted octanol–water partition coefficient (Wildman–Crippen LogP) is 4.82. The molecule has 1 aliphatic rings. The van der Waals surface area contributed by atoms with E-state index in [1.165, 1.54) is 16.9 Å².